The molecule has 0 aliphatic carbocycles. The minimum absolute atomic E-state index is 0.0817. The Morgan fingerprint density at radius 2 is 1.92 bits per heavy atom. The number of piperazine rings is 1. The van der Waals surface area contributed by atoms with Crippen molar-refractivity contribution in [3.8, 4) is 0 Å². The Labute approximate surface area is 155 Å². The Morgan fingerprint density at radius 1 is 1.19 bits per heavy atom. The van der Waals surface area contributed by atoms with Crippen molar-refractivity contribution >= 4 is 12.0 Å². The standard InChI is InChI=1S/C22H25N3O/c1-16-20(11-8-13-23-16)15-21-17(2)25(18(3)22(26)24(21)4)14-12-19-9-6-5-7-10-19/h5-11,13,15,18H,2,12,14H2,1,3-4H3/b21-15-. The highest BCUT2D eigenvalue weighted by molar-refractivity contribution is 5.87. The molecule has 1 aliphatic rings. The van der Waals surface area contributed by atoms with Crippen molar-refractivity contribution in [3.05, 3.63) is 83.5 Å². The van der Waals surface area contributed by atoms with E-state index in [1.54, 1.807) is 11.1 Å². The molecule has 2 aromatic rings. The van der Waals surface area contributed by atoms with Crippen LogP contribution in [-0.2, 0) is 11.2 Å². The van der Waals surface area contributed by atoms with Crippen molar-refractivity contribution in [2.75, 3.05) is 13.6 Å². The summed E-state index contributed by atoms with van der Waals surface area (Å²) in [5.41, 5.74) is 4.90. The van der Waals surface area contributed by atoms with Gasteiger partial charge in [0.15, 0.2) is 0 Å². The lowest BCUT2D eigenvalue weighted by atomic mass is 10.0. The van der Waals surface area contributed by atoms with Crippen LogP contribution in [0.3, 0.4) is 0 Å². The molecule has 1 saturated heterocycles. The summed E-state index contributed by atoms with van der Waals surface area (Å²) in [7, 11) is 1.82. The summed E-state index contributed by atoms with van der Waals surface area (Å²) in [6.45, 7) is 8.96. The summed E-state index contributed by atoms with van der Waals surface area (Å²) in [5, 5.41) is 0. The van der Waals surface area contributed by atoms with Crippen LogP contribution in [0.25, 0.3) is 6.08 Å². The van der Waals surface area contributed by atoms with Crippen molar-refractivity contribution in [2.24, 2.45) is 0 Å². The van der Waals surface area contributed by atoms with E-state index in [4.69, 9.17) is 0 Å². The number of amides is 1. The van der Waals surface area contributed by atoms with E-state index in [-0.39, 0.29) is 11.9 Å². The summed E-state index contributed by atoms with van der Waals surface area (Å²) < 4.78 is 0. The number of carbonyl (C=O) groups is 1. The second-order valence-electron chi connectivity index (χ2n) is 6.66. The zero-order valence-corrected chi connectivity index (χ0v) is 15.6. The lowest BCUT2D eigenvalue weighted by molar-refractivity contribution is -0.134. The molecule has 1 aromatic carbocycles. The summed E-state index contributed by atoms with van der Waals surface area (Å²) in [5.74, 6) is 0.0817. The van der Waals surface area contributed by atoms with E-state index in [0.717, 1.165) is 35.6 Å². The van der Waals surface area contributed by atoms with Gasteiger partial charge in [-0.15, -0.1) is 0 Å². The molecule has 1 unspecified atom stereocenters. The molecule has 4 nitrogen and oxygen atoms in total. The average molecular weight is 347 g/mol. The number of hydrogen-bond acceptors (Lipinski definition) is 3. The summed E-state index contributed by atoms with van der Waals surface area (Å²) in [6.07, 6.45) is 4.65. The maximum Gasteiger partial charge on any atom is 0.249 e. The SMILES string of the molecule is C=C1/C(=C/c2cccnc2C)N(C)C(=O)C(C)N1CCc1ccccc1. The second-order valence-corrected chi connectivity index (χ2v) is 6.66. The lowest BCUT2D eigenvalue weighted by Crippen LogP contribution is -2.52. The molecule has 3 rings (SSSR count). The van der Waals surface area contributed by atoms with E-state index in [0.29, 0.717) is 0 Å². The van der Waals surface area contributed by atoms with E-state index in [1.165, 1.54) is 5.56 Å². The van der Waals surface area contributed by atoms with Gasteiger partial charge in [-0.3, -0.25) is 9.78 Å². The highest BCUT2D eigenvalue weighted by Crippen LogP contribution is 2.29. The van der Waals surface area contributed by atoms with Crippen LogP contribution in [0.1, 0.15) is 23.7 Å². The Hall–Kier alpha value is -2.88. The highest BCUT2D eigenvalue weighted by atomic mass is 16.2. The molecule has 0 spiro atoms. The number of aryl methyl sites for hydroxylation is 1. The molecular weight excluding hydrogens is 322 g/mol. The molecule has 0 N–H and O–H groups in total. The Kier molecular flexibility index (Phi) is 5.21. The molecule has 0 bridgehead atoms. The molecule has 1 fully saturated rings. The molecule has 2 heterocycles. The van der Waals surface area contributed by atoms with Crippen molar-refractivity contribution in [1.29, 1.82) is 0 Å². The smallest absolute Gasteiger partial charge is 0.249 e. The van der Waals surface area contributed by atoms with Gasteiger partial charge in [0, 0.05) is 25.5 Å². The van der Waals surface area contributed by atoms with Gasteiger partial charge < -0.3 is 9.80 Å². The predicted octanol–water partition coefficient (Wildman–Crippen LogP) is 3.65. The van der Waals surface area contributed by atoms with E-state index >= 15 is 0 Å². The summed E-state index contributed by atoms with van der Waals surface area (Å²) in [6, 6.07) is 14.0. The van der Waals surface area contributed by atoms with Crippen LogP contribution in [0.4, 0.5) is 0 Å². The number of rotatable bonds is 4. The van der Waals surface area contributed by atoms with E-state index in [1.807, 2.05) is 57.3 Å². The van der Waals surface area contributed by atoms with Gasteiger partial charge in [0.25, 0.3) is 0 Å². The van der Waals surface area contributed by atoms with Crippen LogP contribution in [-0.4, -0.2) is 40.3 Å². The van der Waals surface area contributed by atoms with E-state index in [2.05, 4.69) is 28.6 Å². The normalized spacial score (nSPS) is 19.3. The fraction of sp³-hybridized carbons (Fsp3) is 0.273. The van der Waals surface area contributed by atoms with Crippen LogP contribution in [0.15, 0.2) is 66.6 Å². The molecule has 0 radical (unpaired) electrons. The van der Waals surface area contributed by atoms with Gasteiger partial charge >= 0.3 is 0 Å². The first-order valence-electron chi connectivity index (χ1n) is 8.89. The van der Waals surface area contributed by atoms with Crippen LogP contribution >= 0.6 is 0 Å². The number of likely N-dealkylation sites (N-methyl/N-ethyl adjacent to an activating group) is 1. The summed E-state index contributed by atoms with van der Waals surface area (Å²) >= 11 is 0. The maximum absolute atomic E-state index is 12.8. The minimum atomic E-state index is -0.219. The number of hydrogen-bond donors (Lipinski definition) is 0. The third-order valence-electron chi connectivity index (χ3n) is 4.98. The van der Waals surface area contributed by atoms with Gasteiger partial charge in [-0.05, 0) is 43.5 Å². The number of aromatic nitrogens is 1. The third-order valence-corrected chi connectivity index (χ3v) is 4.98. The van der Waals surface area contributed by atoms with Crippen LogP contribution in [0.2, 0.25) is 0 Å². The van der Waals surface area contributed by atoms with Crippen molar-refractivity contribution in [2.45, 2.75) is 26.3 Å². The van der Waals surface area contributed by atoms with Gasteiger partial charge in [-0.2, -0.15) is 0 Å². The van der Waals surface area contributed by atoms with Gasteiger partial charge in [0.05, 0.1) is 11.4 Å². The number of benzene rings is 1. The van der Waals surface area contributed by atoms with E-state index in [9.17, 15) is 4.79 Å². The number of pyridine rings is 1. The van der Waals surface area contributed by atoms with Gasteiger partial charge in [-0.25, -0.2) is 0 Å². The van der Waals surface area contributed by atoms with Gasteiger partial charge in [0.1, 0.15) is 6.04 Å². The van der Waals surface area contributed by atoms with Gasteiger partial charge in [-0.1, -0.05) is 43.0 Å². The van der Waals surface area contributed by atoms with E-state index < -0.39 is 0 Å². The topological polar surface area (TPSA) is 36.4 Å². The Bertz CT molecular complexity index is 841. The Morgan fingerprint density at radius 3 is 2.62 bits per heavy atom. The zero-order chi connectivity index (χ0) is 18.7. The number of nitrogens with zero attached hydrogens (tertiary/aromatic N) is 3. The zero-order valence-electron chi connectivity index (χ0n) is 15.6. The third kappa shape index (κ3) is 3.54. The van der Waals surface area contributed by atoms with Crippen LogP contribution in [0, 0.1) is 6.92 Å². The first-order chi connectivity index (χ1) is 12.5. The molecule has 1 atom stereocenters. The molecule has 0 saturated carbocycles. The predicted molar refractivity (Wildman–Crippen MR) is 105 cm³/mol. The average Bonchev–Trinajstić information content (AvgIpc) is 2.66. The van der Waals surface area contributed by atoms with Crippen LogP contribution < -0.4 is 0 Å². The second kappa shape index (κ2) is 7.56. The monoisotopic (exact) mass is 347 g/mol. The quantitative estimate of drug-likeness (QED) is 0.847. The van der Waals surface area contributed by atoms with Crippen LogP contribution in [0.5, 0.6) is 0 Å². The molecule has 1 amide bonds. The first kappa shape index (κ1) is 17.9. The maximum atomic E-state index is 12.8. The van der Waals surface area contributed by atoms with Crippen molar-refractivity contribution in [1.82, 2.24) is 14.8 Å². The molecule has 134 valence electrons. The lowest BCUT2D eigenvalue weighted by Gasteiger charge is -2.42. The minimum Gasteiger partial charge on any atom is -0.358 e. The Balaban J connectivity index is 1.87. The molecule has 1 aliphatic heterocycles. The largest absolute Gasteiger partial charge is 0.358 e. The fourth-order valence-corrected chi connectivity index (χ4v) is 3.31. The number of carbonyl (C=O) groups excluding carboxylic acids is 1. The molecule has 4 heteroatoms. The molecular formula is C22H25N3O. The summed E-state index contributed by atoms with van der Waals surface area (Å²) in [4.78, 5) is 20.9. The molecule has 26 heavy (non-hydrogen) atoms. The molecule has 1 aromatic heterocycles. The van der Waals surface area contributed by atoms with Crippen molar-refractivity contribution < 1.29 is 4.79 Å². The van der Waals surface area contributed by atoms with Gasteiger partial charge in [0.2, 0.25) is 5.91 Å². The fourth-order valence-electron chi connectivity index (χ4n) is 3.31. The highest BCUT2D eigenvalue weighted by Gasteiger charge is 2.34. The van der Waals surface area contributed by atoms with Crippen molar-refractivity contribution in [3.63, 3.8) is 0 Å². The first-order valence-corrected chi connectivity index (χ1v) is 8.89.